The maximum absolute atomic E-state index is 8.85. The molecule has 11 heavy (non-hydrogen) atoms. The molecule has 0 fully saturated rings. The largest absolute Gasteiger partial charge is 0.394 e. The fourth-order valence-electron chi connectivity index (χ4n) is 0.504. The molecule has 70 valence electrons. The quantitative estimate of drug-likeness (QED) is 0.333. The van der Waals surface area contributed by atoms with Gasteiger partial charge in [-0.15, -0.1) is 12.4 Å². The second-order valence-electron chi connectivity index (χ2n) is 2.04. The highest BCUT2D eigenvalue weighted by molar-refractivity contribution is 5.85. The molecule has 0 aliphatic rings. The van der Waals surface area contributed by atoms with E-state index in [-0.39, 0.29) is 19.0 Å². The van der Waals surface area contributed by atoms with E-state index in [0.717, 1.165) is 0 Å². The highest BCUT2D eigenvalue weighted by atomic mass is 35.5. The van der Waals surface area contributed by atoms with Crippen LogP contribution in [0.5, 0.6) is 0 Å². The summed E-state index contributed by atoms with van der Waals surface area (Å²) < 4.78 is 0. The van der Waals surface area contributed by atoms with E-state index in [1.807, 2.05) is 0 Å². The molecule has 0 spiro atoms. The number of hydrogen-bond donors (Lipinski definition) is 5. The van der Waals surface area contributed by atoms with Gasteiger partial charge >= 0.3 is 0 Å². The van der Waals surface area contributed by atoms with Gasteiger partial charge in [0.05, 0.1) is 12.7 Å². The van der Waals surface area contributed by atoms with Crippen LogP contribution in [-0.4, -0.2) is 51.9 Å². The van der Waals surface area contributed by atoms with Crippen LogP contribution in [0.1, 0.15) is 0 Å². The zero-order chi connectivity index (χ0) is 8.15. The van der Waals surface area contributed by atoms with Crippen LogP contribution in [0.25, 0.3) is 0 Å². The fraction of sp³-hybridized carbons (Fsp3) is 1.00. The number of hydrogen-bond acceptors (Lipinski definition) is 5. The van der Waals surface area contributed by atoms with Gasteiger partial charge in [-0.05, 0) is 0 Å². The summed E-state index contributed by atoms with van der Waals surface area (Å²) in [6.45, 7) is -0.726. The first kappa shape index (κ1) is 13.7. The van der Waals surface area contributed by atoms with Crippen molar-refractivity contribution in [3.05, 3.63) is 0 Å². The number of aliphatic hydroxyl groups excluding tert-OH is 4. The van der Waals surface area contributed by atoms with Crippen LogP contribution in [0.4, 0.5) is 0 Å². The van der Waals surface area contributed by atoms with Crippen molar-refractivity contribution >= 4 is 12.4 Å². The van der Waals surface area contributed by atoms with Crippen molar-refractivity contribution in [2.45, 2.75) is 18.3 Å². The summed E-state index contributed by atoms with van der Waals surface area (Å²) in [7, 11) is 0. The second kappa shape index (κ2) is 6.78. The van der Waals surface area contributed by atoms with E-state index in [1.165, 1.54) is 0 Å². The monoisotopic (exact) mass is 187 g/mol. The van der Waals surface area contributed by atoms with Gasteiger partial charge in [-0.2, -0.15) is 0 Å². The molecule has 0 amide bonds. The number of rotatable bonds is 4. The third-order valence-corrected chi connectivity index (χ3v) is 1.22. The molecule has 0 aromatic carbocycles. The Balaban J connectivity index is 0. The van der Waals surface area contributed by atoms with Crippen molar-refractivity contribution in [2.75, 3.05) is 13.2 Å². The van der Waals surface area contributed by atoms with E-state index in [0.29, 0.717) is 0 Å². The minimum atomic E-state index is -1.37. The summed E-state index contributed by atoms with van der Waals surface area (Å²) in [4.78, 5) is 0. The summed E-state index contributed by atoms with van der Waals surface area (Å²) in [5.41, 5.74) is 4.96. The summed E-state index contributed by atoms with van der Waals surface area (Å²) in [5.74, 6) is 0. The van der Waals surface area contributed by atoms with Gasteiger partial charge in [-0.3, -0.25) is 0 Å². The van der Waals surface area contributed by atoms with E-state index >= 15 is 0 Å². The topological polar surface area (TPSA) is 107 Å². The fourth-order valence-corrected chi connectivity index (χ4v) is 0.504. The number of nitrogens with two attached hydrogens (primary N) is 1. The van der Waals surface area contributed by atoms with Gasteiger partial charge < -0.3 is 26.2 Å². The van der Waals surface area contributed by atoms with Crippen LogP contribution in [0.2, 0.25) is 0 Å². The molecule has 6 N–H and O–H groups in total. The van der Waals surface area contributed by atoms with E-state index in [1.54, 1.807) is 0 Å². The first-order chi connectivity index (χ1) is 4.63. The Labute approximate surface area is 70.9 Å². The highest BCUT2D eigenvalue weighted by Crippen LogP contribution is 1.97. The molecule has 0 aliphatic carbocycles. The Bertz CT molecular complexity index is 84.6. The Kier molecular flexibility index (Phi) is 8.42. The van der Waals surface area contributed by atoms with Gasteiger partial charge in [0.15, 0.2) is 0 Å². The zero-order valence-electron chi connectivity index (χ0n) is 5.92. The smallest absolute Gasteiger partial charge is 0.109 e. The molecule has 0 unspecified atom stereocenters. The molecule has 0 heterocycles. The molecule has 0 radical (unpaired) electrons. The van der Waals surface area contributed by atoms with Gasteiger partial charge in [0, 0.05) is 6.54 Å². The number of halogens is 1. The van der Waals surface area contributed by atoms with Gasteiger partial charge in [0.1, 0.15) is 12.2 Å². The molecule has 0 bridgehead atoms. The molecule has 5 nitrogen and oxygen atoms in total. The third-order valence-electron chi connectivity index (χ3n) is 1.22. The zero-order valence-corrected chi connectivity index (χ0v) is 6.74. The van der Waals surface area contributed by atoms with Crippen LogP contribution >= 0.6 is 12.4 Å². The van der Waals surface area contributed by atoms with Crippen LogP contribution in [-0.2, 0) is 0 Å². The van der Waals surface area contributed by atoms with E-state index in [9.17, 15) is 0 Å². The van der Waals surface area contributed by atoms with E-state index in [2.05, 4.69) is 0 Å². The van der Waals surface area contributed by atoms with Crippen LogP contribution in [0, 0.1) is 0 Å². The van der Waals surface area contributed by atoms with E-state index < -0.39 is 24.9 Å². The minimum absolute atomic E-state index is 0. The average Bonchev–Trinajstić information content (AvgIpc) is 2.00. The van der Waals surface area contributed by atoms with Crippen LogP contribution in [0.15, 0.2) is 0 Å². The molecule has 0 saturated heterocycles. The normalized spacial score (nSPS) is 18.3. The maximum atomic E-state index is 8.85. The average molecular weight is 188 g/mol. The van der Waals surface area contributed by atoms with Crippen molar-refractivity contribution < 1.29 is 20.4 Å². The van der Waals surface area contributed by atoms with Crippen molar-refractivity contribution in [3.63, 3.8) is 0 Å². The van der Waals surface area contributed by atoms with E-state index in [4.69, 9.17) is 26.2 Å². The molecule has 6 heteroatoms. The summed E-state index contributed by atoms with van der Waals surface area (Å²) in [6, 6.07) is 0. The summed E-state index contributed by atoms with van der Waals surface area (Å²) in [6.07, 6.45) is -3.87. The first-order valence-electron chi connectivity index (χ1n) is 2.98. The second-order valence-corrected chi connectivity index (χ2v) is 2.04. The standard InChI is InChI=1S/C5H13NO4.ClH/c6-1-3(8)5(10)4(9)2-7;/h3-5,7-10H,1-2,6H2;1H/t3-,4+,5+;/m0./s1. The molecule has 0 saturated carbocycles. The highest BCUT2D eigenvalue weighted by Gasteiger charge is 2.22. The van der Waals surface area contributed by atoms with Gasteiger partial charge in [-0.25, -0.2) is 0 Å². The lowest BCUT2D eigenvalue weighted by atomic mass is 10.1. The molecule has 0 aliphatic heterocycles. The lowest BCUT2D eigenvalue weighted by molar-refractivity contribution is -0.0727. The molecule has 0 aromatic heterocycles. The Morgan fingerprint density at radius 2 is 1.55 bits per heavy atom. The maximum Gasteiger partial charge on any atom is 0.109 e. The number of aliphatic hydroxyl groups is 4. The minimum Gasteiger partial charge on any atom is -0.394 e. The lowest BCUT2D eigenvalue weighted by Crippen LogP contribution is -2.43. The van der Waals surface area contributed by atoms with Gasteiger partial charge in [0.2, 0.25) is 0 Å². The van der Waals surface area contributed by atoms with Crippen LogP contribution in [0.3, 0.4) is 0 Å². The summed E-state index contributed by atoms with van der Waals surface area (Å²) >= 11 is 0. The van der Waals surface area contributed by atoms with Crippen molar-refractivity contribution in [2.24, 2.45) is 5.73 Å². The van der Waals surface area contributed by atoms with Crippen LogP contribution < -0.4 is 5.73 Å². The molecule has 3 atom stereocenters. The van der Waals surface area contributed by atoms with Crippen molar-refractivity contribution in [1.29, 1.82) is 0 Å². The predicted molar refractivity (Wildman–Crippen MR) is 41.4 cm³/mol. The molecule has 0 aromatic rings. The Morgan fingerprint density at radius 1 is 1.09 bits per heavy atom. The Morgan fingerprint density at radius 3 is 1.82 bits per heavy atom. The van der Waals surface area contributed by atoms with Crippen molar-refractivity contribution in [3.8, 4) is 0 Å². The third kappa shape index (κ3) is 4.52. The molecule has 0 rings (SSSR count). The van der Waals surface area contributed by atoms with Gasteiger partial charge in [0.25, 0.3) is 0 Å². The van der Waals surface area contributed by atoms with Gasteiger partial charge in [-0.1, -0.05) is 0 Å². The SMILES string of the molecule is Cl.NC[C@H](O)[C@@H](O)[C@H](O)CO. The lowest BCUT2D eigenvalue weighted by Gasteiger charge is -2.19. The summed E-state index contributed by atoms with van der Waals surface area (Å²) in [5, 5.41) is 34.6. The predicted octanol–water partition coefficient (Wildman–Crippen LogP) is -2.56. The van der Waals surface area contributed by atoms with Crippen molar-refractivity contribution in [1.82, 2.24) is 0 Å². The molecular formula is C5H14ClNO4. The first-order valence-corrected chi connectivity index (χ1v) is 2.98. The molecular weight excluding hydrogens is 174 g/mol. The Hall–Kier alpha value is 0.0900.